The lowest BCUT2D eigenvalue weighted by Crippen LogP contribution is -2.41. The van der Waals surface area contributed by atoms with Gasteiger partial charge in [-0.2, -0.15) is 5.26 Å². The smallest absolute Gasteiger partial charge is 0.225 e. The molecule has 0 N–H and O–H groups in total. The summed E-state index contributed by atoms with van der Waals surface area (Å²) in [6.07, 6.45) is 3.93. The topological polar surface area (TPSA) is 47.3 Å². The standard InChI is InChI=1S/C18H22FN3O/c19-17-4-3-14(12-20)11-16(17)13-21-9-5-15(6-10-21)18(23)22-7-1-2-8-22/h3-4,11,15H,1-2,5-10,13H2. The molecule has 0 bridgehead atoms. The number of nitriles is 1. The summed E-state index contributed by atoms with van der Waals surface area (Å²) < 4.78 is 13.9. The van der Waals surface area contributed by atoms with Crippen LogP contribution >= 0.6 is 0 Å². The van der Waals surface area contributed by atoms with Gasteiger partial charge in [0.05, 0.1) is 11.6 Å². The summed E-state index contributed by atoms with van der Waals surface area (Å²) in [6.45, 7) is 3.93. The van der Waals surface area contributed by atoms with Crippen LogP contribution in [-0.2, 0) is 11.3 Å². The van der Waals surface area contributed by atoms with Gasteiger partial charge in [-0.1, -0.05) is 0 Å². The molecule has 4 nitrogen and oxygen atoms in total. The molecule has 122 valence electrons. The molecule has 2 saturated heterocycles. The van der Waals surface area contributed by atoms with E-state index in [2.05, 4.69) is 4.90 Å². The number of halogens is 1. The van der Waals surface area contributed by atoms with Crippen LogP contribution in [-0.4, -0.2) is 41.9 Å². The van der Waals surface area contributed by atoms with Gasteiger partial charge >= 0.3 is 0 Å². The first-order valence-electron chi connectivity index (χ1n) is 8.37. The first kappa shape index (κ1) is 15.9. The SMILES string of the molecule is N#Cc1ccc(F)c(CN2CCC(C(=O)N3CCCC3)CC2)c1. The van der Waals surface area contributed by atoms with Crippen LogP contribution in [0.4, 0.5) is 4.39 Å². The molecule has 3 rings (SSSR count). The lowest BCUT2D eigenvalue weighted by molar-refractivity contribution is -0.136. The van der Waals surface area contributed by atoms with E-state index in [-0.39, 0.29) is 11.7 Å². The van der Waals surface area contributed by atoms with Crippen LogP contribution in [0.2, 0.25) is 0 Å². The number of amides is 1. The van der Waals surface area contributed by atoms with Crippen molar-refractivity contribution < 1.29 is 9.18 Å². The van der Waals surface area contributed by atoms with E-state index in [1.54, 1.807) is 6.07 Å². The van der Waals surface area contributed by atoms with Crippen LogP contribution in [0.5, 0.6) is 0 Å². The molecular formula is C18H22FN3O. The first-order valence-corrected chi connectivity index (χ1v) is 8.37. The van der Waals surface area contributed by atoms with Crippen LogP contribution in [0, 0.1) is 23.1 Å². The van der Waals surface area contributed by atoms with E-state index in [0.29, 0.717) is 23.6 Å². The van der Waals surface area contributed by atoms with Gasteiger partial charge in [0.2, 0.25) is 5.91 Å². The molecule has 2 fully saturated rings. The van der Waals surface area contributed by atoms with Crippen LogP contribution < -0.4 is 0 Å². The van der Waals surface area contributed by atoms with E-state index in [1.807, 2.05) is 11.0 Å². The lowest BCUT2D eigenvalue weighted by atomic mass is 9.95. The highest BCUT2D eigenvalue weighted by molar-refractivity contribution is 5.79. The van der Waals surface area contributed by atoms with Gasteiger partial charge in [-0.15, -0.1) is 0 Å². The summed E-state index contributed by atoms with van der Waals surface area (Å²) in [6, 6.07) is 6.53. The molecule has 0 aromatic heterocycles. The molecule has 0 aliphatic carbocycles. The zero-order chi connectivity index (χ0) is 16.2. The largest absolute Gasteiger partial charge is 0.342 e. The fraction of sp³-hybridized carbons (Fsp3) is 0.556. The average molecular weight is 315 g/mol. The quantitative estimate of drug-likeness (QED) is 0.861. The number of nitrogens with zero attached hydrogens (tertiary/aromatic N) is 3. The first-order chi connectivity index (χ1) is 11.2. The van der Waals surface area contributed by atoms with Gasteiger partial charge in [0.25, 0.3) is 0 Å². The van der Waals surface area contributed by atoms with E-state index in [0.717, 1.165) is 51.9 Å². The van der Waals surface area contributed by atoms with Crippen molar-refractivity contribution in [3.63, 3.8) is 0 Å². The minimum absolute atomic E-state index is 0.125. The van der Waals surface area contributed by atoms with Crippen molar-refractivity contribution in [2.75, 3.05) is 26.2 Å². The lowest BCUT2D eigenvalue weighted by Gasteiger charge is -2.33. The van der Waals surface area contributed by atoms with E-state index in [9.17, 15) is 9.18 Å². The molecule has 0 unspecified atom stereocenters. The Labute approximate surface area is 136 Å². The summed E-state index contributed by atoms with van der Waals surface area (Å²) in [5.41, 5.74) is 1.05. The van der Waals surface area contributed by atoms with Gasteiger partial charge in [-0.3, -0.25) is 9.69 Å². The van der Waals surface area contributed by atoms with Crippen LogP contribution in [0.15, 0.2) is 18.2 Å². The normalized spacial score (nSPS) is 19.7. The number of rotatable bonds is 3. The Morgan fingerprint density at radius 3 is 2.57 bits per heavy atom. The van der Waals surface area contributed by atoms with E-state index >= 15 is 0 Å². The molecule has 1 aromatic carbocycles. The van der Waals surface area contributed by atoms with E-state index in [4.69, 9.17) is 5.26 Å². The maximum absolute atomic E-state index is 13.9. The van der Waals surface area contributed by atoms with Crippen molar-refractivity contribution in [3.05, 3.63) is 35.1 Å². The molecule has 1 aromatic rings. The van der Waals surface area contributed by atoms with Crippen LogP contribution in [0.25, 0.3) is 0 Å². The van der Waals surface area contributed by atoms with Crippen molar-refractivity contribution in [1.29, 1.82) is 5.26 Å². The predicted octanol–water partition coefficient (Wildman–Crippen LogP) is 2.53. The second kappa shape index (κ2) is 7.10. The third-order valence-corrected chi connectivity index (χ3v) is 4.92. The fourth-order valence-corrected chi connectivity index (χ4v) is 3.54. The fourth-order valence-electron chi connectivity index (χ4n) is 3.54. The third-order valence-electron chi connectivity index (χ3n) is 4.92. The summed E-state index contributed by atoms with van der Waals surface area (Å²) in [5, 5.41) is 8.93. The summed E-state index contributed by atoms with van der Waals surface area (Å²) in [5.74, 6) is 0.165. The Morgan fingerprint density at radius 1 is 1.22 bits per heavy atom. The van der Waals surface area contributed by atoms with Crippen LogP contribution in [0.3, 0.4) is 0 Å². The zero-order valence-corrected chi connectivity index (χ0v) is 13.3. The number of benzene rings is 1. The molecule has 0 spiro atoms. The van der Waals surface area contributed by atoms with Crippen LogP contribution in [0.1, 0.15) is 36.8 Å². The van der Waals surface area contributed by atoms with Crippen molar-refractivity contribution >= 4 is 5.91 Å². The molecule has 0 radical (unpaired) electrons. The Kier molecular flexibility index (Phi) is 4.92. The molecule has 1 amide bonds. The summed E-state index contributed by atoms with van der Waals surface area (Å²) in [4.78, 5) is 16.6. The van der Waals surface area contributed by atoms with Gasteiger partial charge < -0.3 is 4.90 Å². The zero-order valence-electron chi connectivity index (χ0n) is 13.3. The van der Waals surface area contributed by atoms with Gasteiger partial charge in [0, 0.05) is 31.1 Å². The summed E-state index contributed by atoms with van der Waals surface area (Å²) >= 11 is 0. The Bertz CT molecular complexity index is 611. The number of carbonyl (C=O) groups is 1. The molecule has 23 heavy (non-hydrogen) atoms. The maximum Gasteiger partial charge on any atom is 0.225 e. The highest BCUT2D eigenvalue weighted by Crippen LogP contribution is 2.23. The third kappa shape index (κ3) is 3.70. The number of hydrogen-bond donors (Lipinski definition) is 0. The highest BCUT2D eigenvalue weighted by atomic mass is 19.1. The van der Waals surface area contributed by atoms with Crippen molar-refractivity contribution in [3.8, 4) is 6.07 Å². The van der Waals surface area contributed by atoms with Gasteiger partial charge in [-0.25, -0.2) is 4.39 Å². The number of likely N-dealkylation sites (tertiary alicyclic amines) is 2. The predicted molar refractivity (Wildman–Crippen MR) is 84.9 cm³/mol. The molecule has 0 atom stereocenters. The second-order valence-electron chi connectivity index (χ2n) is 6.50. The number of hydrogen-bond acceptors (Lipinski definition) is 3. The minimum Gasteiger partial charge on any atom is -0.342 e. The van der Waals surface area contributed by atoms with Gasteiger partial charge in [0.15, 0.2) is 0 Å². The maximum atomic E-state index is 13.9. The number of carbonyl (C=O) groups excluding carboxylic acids is 1. The Morgan fingerprint density at radius 2 is 1.91 bits per heavy atom. The highest BCUT2D eigenvalue weighted by Gasteiger charge is 2.29. The second-order valence-corrected chi connectivity index (χ2v) is 6.50. The van der Waals surface area contributed by atoms with Crippen molar-refractivity contribution in [1.82, 2.24) is 9.80 Å². The molecule has 2 aliphatic rings. The Hall–Kier alpha value is -1.93. The van der Waals surface area contributed by atoms with E-state index < -0.39 is 0 Å². The molecule has 0 saturated carbocycles. The number of piperidine rings is 1. The summed E-state index contributed by atoms with van der Waals surface area (Å²) in [7, 11) is 0. The van der Waals surface area contributed by atoms with Crippen molar-refractivity contribution in [2.45, 2.75) is 32.2 Å². The van der Waals surface area contributed by atoms with Gasteiger partial charge in [-0.05, 0) is 57.0 Å². The Balaban J connectivity index is 1.55. The van der Waals surface area contributed by atoms with Gasteiger partial charge in [0.1, 0.15) is 5.82 Å². The minimum atomic E-state index is -0.265. The van der Waals surface area contributed by atoms with E-state index in [1.165, 1.54) is 12.1 Å². The molecular weight excluding hydrogens is 293 g/mol. The monoisotopic (exact) mass is 315 g/mol. The molecule has 5 heteroatoms. The average Bonchev–Trinajstić information content (AvgIpc) is 3.11. The molecule has 2 aliphatic heterocycles. The molecule has 2 heterocycles. The van der Waals surface area contributed by atoms with Crippen molar-refractivity contribution in [2.24, 2.45) is 5.92 Å².